The van der Waals surface area contributed by atoms with Gasteiger partial charge in [0.25, 0.3) is 0 Å². The Kier molecular flexibility index (Phi) is 6.12. The first-order valence-corrected chi connectivity index (χ1v) is 11.2. The summed E-state index contributed by atoms with van der Waals surface area (Å²) in [6, 6.07) is 8.96. The van der Waals surface area contributed by atoms with E-state index in [0.717, 1.165) is 25.1 Å². The number of rotatable bonds is 4. The summed E-state index contributed by atoms with van der Waals surface area (Å²) in [4.78, 5) is 3.43. The van der Waals surface area contributed by atoms with E-state index in [9.17, 15) is 23.4 Å². The van der Waals surface area contributed by atoms with E-state index in [4.69, 9.17) is 0 Å². The van der Waals surface area contributed by atoms with Gasteiger partial charge in [0.1, 0.15) is 17.1 Å². The summed E-state index contributed by atoms with van der Waals surface area (Å²) in [5.74, 6) is -0.637. The SMILES string of the molecule is CC1(C)CC(Nc2ccc(-c3ccc(-c4cnc(O)c(C(F)(F)F)c4)cc3O)nn2)CC(C)(C)N1. The summed E-state index contributed by atoms with van der Waals surface area (Å²) in [5, 5.41) is 35.6. The fourth-order valence-corrected chi connectivity index (χ4v) is 4.94. The molecule has 186 valence electrons. The molecule has 0 spiro atoms. The maximum absolute atomic E-state index is 13.1. The first-order valence-electron chi connectivity index (χ1n) is 11.2. The van der Waals surface area contributed by atoms with Crippen molar-refractivity contribution in [3.63, 3.8) is 0 Å². The van der Waals surface area contributed by atoms with Crippen molar-refractivity contribution >= 4 is 5.82 Å². The Morgan fingerprint density at radius 1 is 0.943 bits per heavy atom. The van der Waals surface area contributed by atoms with Crippen molar-refractivity contribution in [1.29, 1.82) is 0 Å². The molecule has 0 unspecified atom stereocenters. The number of hydrogen-bond acceptors (Lipinski definition) is 7. The fraction of sp³-hybridized carbons (Fsp3) is 0.400. The van der Waals surface area contributed by atoms with Gasteiger partial charge in [-0.3, -0.25) is 0 Å². The number of benzene rings is 1. The highest BCUT2D eigenvalue weighted by molar-refractivity contribution is 5.74. The third-order valence-electron chi connectivity index (χ3n) is 5.99. The predicted molar refractivity (Wildman–Crippen MR) is 127 cm³/mol. The average Bonchev–Trinajstić information content (AvgIpc) is 2.71. The van der Waals surface area contributed by atoms with Gasteiger partial charge in [-0.2, -0.15) is 13.2 Å². The minimum atomic E-state index is -4.75. The number of phenolic OH excluding ortho intramolecular Hbond substituents is 1. The zero-order valence-corrected chi connectivity index (χ0v) is 19.9. The molecule has 0 radical (unpaired) electrons. The Hall–Kier alpha value is -3.40. The van der Waals surface area contributed by atoms with Crippen LogP contribution >= 0.6 is 0 Å². The van der Waals surface area contributed by atoms with E-state index in [1.165, 1.54) is 6.07 Å². The van der Waals surface area contributed by atoms with Gasteiger partial charge in [0.15, 0.2) is 0 Å². The smallest absolute Gasteiger partial charge is 0.421 e. The number of aromatic nitrogens is 3. The van der Waals surface area contributed by atoms with Crippen molar-refractivity contribution in [3.05, 3.63) is 48.2 Å². The number of hydrogen-bond donors (Lipinski definition) is 4. The molecule has 1 fully saturated rings. The third-order valence-corrected chi connectivity index (χ3v) is 5.99. The molecule has 4 rings (SSSR count). The molecule has 1 aliphatic rings. The fourth-order valence-electron chi connectivity index (χ4n) is 4.94. The molecule has 0 aliphatic carbocycles. The largest absolute Gasteiger partial charge is 0.507 e. The van der Waals surface area contributed by atoms with E-state index in [2.05, 4.69) is 53.5 Å². The molecule has 4 N–H and O–H groups in total. The number of nitrogens with zero attached hydrogens (tertiary/aromatic N) is 3. The van der Waals surface area contributed by atoms with Crippen LogP contribution in [0.4, 0.5) is 19.0 Å². The standard InChI is InChI=1S/C25H28F3N5O2/c1-23(2)11-16(12-24(3,4)33-23)30-21-8-7-19(31-32-21)17-6-5-14(10-20(17)34)15-9-18(25(26,27)28)22(35)29-13-15/h5-10,13,16,33-34H,11-12H2,1-4H3,(H,29,35)(H,30,32). The summed E-state index contributed by atoms with van der Waals surface area (Å²) in [7, 11) is 0. The van der Waals surface area contributed by atoms with Crippen LogP contribution in [0.2, 0.25) is 0 Å². The summed E-state index contributed by atoms with van der Waals surface area (Å²) in [5.41, 5.74) is -0.0530. The lowest BCUT2D eigenvalue weighted by Crippen LogP contribution is -2.60. The van der Waals surface area contributed by atoms with Crippen molar-refractivity contribution in [2.24, 2.45) is 0 Å². The van der Waals surface area contributed by atoms with Gasteiger partial charge in [-0.15, -0.1) is 10.2 Å². The van der Waals surface area contributed by atoms with Crippen LogP contribution in [-0.2, 0) is 6.18 Å². The predicted octanol–water partition coefficient (Wildman–Crippen LogP) is 5.36. The summed E-state index contributed by atoms with van der Waals surface area (Å²) < 4.78 is 39.3. The van der Waals surface area contributed by atoms with Crippen LogP contribution in [0, 0.1) is 0 Å². The van der Waals surface area contributed by atoms with Crippen LogP contribution in [0.15, 0.2) is 42.6 Å². The Morgan fingerprint density at radius 2 is 1.63 bits per heavy atom. The minimum Gasteiger partial charge on any atom is -0.507 e. The second-order valence-corrected chi connectivity index (χ2v) is 10.3. The zero-order valence-electron chi connectivity index (χ0n) is 19.9. The maximum atomic E-state index is 13.1. The zero-order chi connectivity index (χ0) is 25.6. The lowest BCUT2D eigenvalue weighted by Gasteiger charge is -2.46. The van der Waals surface area contributed by atoms with Gasteiger partial charge in [0.05, 0.1) is 5.69 Å². The van der Waals surface area contributed by atoms with Gasteiger partial charge >= 0.3 is 6.18 Å². The molecule has 0 bridgehead atoms. The first kappa shape index (κ1) is 24.7. The van der Waals surface area contributed by atoms with Gasteiger partial charge in [0.2, 0.25) is 5.88 Å². The van der Waals surface area contributed by atoms with Gasteiger partial charge in [-0.05, 0) is 76.4 Å². The topological polar surface area (TPSA) is 103 Å². The highest BCUT2D eigenvalue weighted by atomic mass is 19.4. The van der Waals surface area contributed by atoms with Gasteiger partial charge in [-0.1, -0.05) is 6.07 Å². The Morgan fingerprint density at radius 3 is 2.20 bits per heavy atom. The minimum absolute atomic E-state index is 0.0196. The van der Waals surface area contributed by atoms with Crippen LogP contribution in [0.5, 0.6) is 11.6 Å². The van der Waals surface area contributed by atoms with Crippen molar-refractivity contribution in [1.82, 2.24) is 20.5 Å². The lowest BCUT2D eigenvalue weighted by atomic mass is 9.79. The third kappa shape index (κ3) is 5.64. The van der Waals surface area contributed by atoms with Crippen molar-refractivity contribution in [2.45, 2.75) is 63.8 Å². The molecule has 3 aromatic rings. The van der Waals surface area contributed by atoms with Crippen LogP contribution in [0.25, 0.3) is 22.4 Å². The van der Waals surface area contributed by atoms with E-state index in [1.54, 1.807) is 24.3 Å². The molecule has 7 nitrogen and oxygen atoms in total. The first-order chi connectivity index (χ1) is 16.2. The molecule has 1 saturated heterocycles. The lowest BCUT2D eigenvalue weighted by molar-refractivity contribution is -0.139. The Labute approximate surface area is 201 Å². The quantitative estimate of drug-likeness (QED) is 0.393. The number of pyridine rings is 1. The summed E-state index contributed by atoms with van der Waals surface area (Å²) in [6.45, 7) is 8.67. The maximum Gasteiger partial charge on any atom is 0.421 e. The van der Waals surface area contributed by atoms with Gasteiger partial charge in [-0.25, -0.2) is 4.98 Å². The summed E-state index contributed by atoms with van der Waals surface area (Å²) in [6.07, 6.45) is -1.79. The van der Waals surface area contributed by atoms with Crippen LogP contribution in [0.1, 0.15) is 46.1 Å². The molecule has 1 aliphatic heterocycles. The number of aromatic hydroxyl groups is 2. The molecular weight excluding hydrogens is 459 g/mol. The molecule has 0 atom stereocenters. The van der Waals surface area contributed by atoms with E-state index < -0.39 is 17.6 Å². The monoisotopic (exact) mass is 487 g/mol. The van der Waals surface area contributed by atoms with Crippen molar-refractivity contribution in [2.75, 3.05) is 5.32 Å². The van der Waals surface area contributed by atoms with Gasteiger partial charge < -0.3 is 20.8 Å². The number of nitrogens with one attached hydrogen (secondary N) is 2. The Bertz CT molecular complexity index is 1210. The van der Waals surface area contributed by atoms with E-state index >= 15 is 0 Å². The molecule has 35 heavy (non-hydrogen) atoms. The molecule has 1 aromatic carbocycles. The molecule has 3 heterocycles. The van der Waals surface area contributed by atoms with Gasteiger partial charge in [0, 0.05) is 34.4 Å². The average molecular weight is 488 g/mol. The molecule has 10 heteroatoms. The van der Waals surface area contributed by atoms with Crippen molar-refractivity contribution in [3.8, 4) is 34.0 Å². The van der Waals surface area contributed by atoms with Crippen molar-refractivity contribution < 1.29 is 23.4 Å². The normalized spacial score (nSPS) is 17.8. The second kappa shape index (κ2) is 8.67. The van der Waals surface area contributed by atoms with Crippen LogP contribution < -0.4 is 10.6 Å². The number of halogens is 3. The molecule has 0 amide bonds. The number of anilines is 1. The van der Waals surface area contributed by atoms with Crippen LogP contribution in [0.3, 0.4) is 0 Å². The highest BCUT2D eigenvalue weighted by Gasteiger charge is 2.38. The summed E-state index contributed by atoms with van der Waals surface area (Å²) >= 11 is 0. The molecule has 2 aromatic heterocycles. The van der Waals surface area contributed by atoms with E-state index in [1.807, 2.05) is 0 Å². The number of piperidine rings is 1. The van der Waals surface area contributed by atoms with Crippen LogP contribution in [-0.4, -0.2) is 42.5 Å². The Balaban J connectivity index is 1.53. The van der Waals surface area contributed by atoms with E-state index in [0.29, 0.717) is 22.6 Å². The molecule has 0 saturated carbocycles. The number of phenols is 1. The molecular formula is C25H28F3N5O2. The second-order valence-electron chi connectivity index (χ2n) is 10.3. The number of alkyl halides is 3. The highest BCUT2D eigenvalue weighted by Crippen LogP contribution is 2.38. The van der Waals surface area contributed by atoms with E-state index in [-0.39, 0.29) is 28.4 Å².